The molecular weight excluding hydrogens is 180 g/mol. The van der Waals surface area contributed by atoms with Crippen molar-refractivity contribution in [3.05, 3.63) is 42.7 Å². The largest absolute Gasteiger partial charge is 0.465 e. The Bertz CT molecular complexity index is 230. The fraction of sp³-hybridized carbons (Fsp3) is 0.273. The maximum atomic E-state index is 7.62. The zero-order chi connectivity index (χ0) is 10.6. The van der Waals surface area contributed by atoms with Crippen LogP contribution in [0.5, 0.6) is 5.75 Å². The standard InChI is InChI=1S/C9H10O.C2H6O2/c1-2-8-10-9-6-4-3-5-7-9;3-1-2-4/h2-8H,1H3;3-4H,1-2H2/b8-2+;. The van der Waals surface area contributed by atoms with Crippen LogP contribution in [0.1, 0.15) is 6.92 Å². The Labute approximate surface area is 84.3 Å². The first kappa shape index (κ1) is 12.7. The molecule has 0 aromatic heterocycles. The molecule has 0 saturated carbocycles. The lowest BCUT2D eigenvalue weighted by Gasteiger charge is -1.96. The van der Waals surface area contributed by atoms with Crippen molar-refractivity contribution >= 4 is 0 Å². The van der Waals surface area contributed by atoms with Gasteiger partial charge in [-0.05, 0) is 19.1 Å². The predicted molar refractivity (Wildman–Crippen MR) is 56.1 cm³/mol. The molecule has 0 aliphatic rings. The highest BCUT2D eigenvalue weighted by atomic mass is 16.5. The smallest absolute Gasteiger partial charge is 0.126 e. The van der Waals surface area contributed by atoms with Gasteiger partial charge in [0, 0.05) is 0 Å². The second-order valence-electron chi connectivity index (χ2n) is 2.35. The van der Waals surface area contributed by atoms with Crippen LogP contribution in [0.15, 0.2) is 42.7 Å². The van der Waals surface area contributed by atoms with Gasteiger partial charge in [-0.3, -0.25) is 0 Å². The van der Waals surface area contributed by atoms with E-state index < -0.39 is 0 Å². The summed E-state index contributed by atoms with van der Waals surface area (Å²) in [5, 5.41) is 15.2. The Morgan fingerprint density at radius 2 is 1.71 bits per heavy atom. The third-order valence-corrected chi connectivity index (χ3v) is 1.18. The topological polar surface area (TPSA) is 49.7 Å². The lowest BCUT2D eigenvalue weighted by atomic mass is 10.3. The minimum atomic E-state index is -0.125. The fourth-order valence-corrected chi connectivity index (χ4v) is 0.646. The summed E-state index contributed by atoms with van der Waals surface area (Å²) < 4.78 is 5.17. The summed E-state index contributed by atoms with van der Waals surface area (Å²) in [5.41, 5.74) is 0. The van der Waals surface area contributed by atoms with Crippen molar-refractivity contribution in [1.82, 2.24) is 0 Å². The summed E-state index contributed by atoms with van der Waals surface area (Å²) in [4.78, 5) is 0. The van der Waals surface area contributed by atoms with Gasteiger partial charge >= 0.3 is 0 Å². The first-order valence-corrected chi connectivity index (χ1v) is 4.39. The van der Waals surface area contributed by atoms with Gasteiger partial charge in [0.2, 0.25) is 0 Å². The van der Waals surface area contributed by atoms with Crippen molar-refractivity contribution in [3.63, 3.8) is 0 Å². The molecule has 78 valence electrons. The van der Waals surface area contributed by atoms with Crippen LogP contribution in [-0.4, -0.2) is 23.4 Å². The molecule has 1 rings (SSSR count). The fourth-order valence-electron chi connectivity index (χ4n) is 0.646. The highest BCUT2D eigenvalue weighted by Crippen LogP contribution is 2.07. The van der Waals surface area contributed by atoms with Gasteiger partial charge in [0.15, 0.2) is 0 Å². The molecule has 3 nitrogen and oxygen atoms in total. The molecule has 0 amide bonds. The van der Waals surface area contributed by atoms with Crippen LogP contribution < -0.4 is 4.74 Å². The molecule has 14 heavy (non-hydrogen) atoms. The molecule has 0 aliphatic carbocycles. The molecule has 1 aromatic rings. The van der Waals surface area contributed by atoms with Crippen LogP contribution in [0, 0.1) is 0 Å². The molecule has 0 saturated heterocycles. The number of hydrogen-bond acceptors (Lipinski definition) is 3. The van der Waals surface area contributed by atoms with Gasteiger partial charge < -0.3 is 14.9 Å². The van der Waals surface area contributed by atoms with E-state index in [0.717, 1.165) is 5.75 Å². The minimum Gasteiger partial charge on any atom is -0.465 e. The van der Waals surface area contributed by atoms with Crippen LogP contribution in [0.2, 0.25) is 0 Å². The van der Waals surface area contributed by atoms with Crippen molar-refractivity contribution in [2.75, 3.05) is 13.2 Å². The highest BCUT2D eigenvalue weighted by Gasteiger charge is 1.83. The Balaban J connectivity index is 0.000000364. The molecule has 3 heteroatoms. The third-order valence-electron chi connectivity index (χ3n) is 1.18. The average Bonchev–Trinajstić information content (AvgIpc) is 2.28. The normalized spacial score (nSPS) is 9.36. The van der Waals surface area contributed by atoms with Gasteiger partial charge in [-0.1, -0.05) is 24.3 Å². The Hall–Kier alpha value is -1.32. The van der Waals surface area contributed by atoms with Gasteiger partial charge in [-0.15, -0.1) is 0 Å². The molecule has 0 spiro atoms. The quantitative estimate of drug-likeness (QED) is 0.721. The van der Waals surface area contributed by atoms with Crippen molar-refractivity contribution in [2.24, 2.45) is 0 Å². The molecule has 2 N–H and O–H groups in total. The van der Waals surface area contributed by atoms with Gasteiger partial charge in [-0.25, -0.2) is 0 Å². The second-order valence-corrected chi connectivity index (χ2v) is 2.35. The number of benzene rings is 1. The summed E-state index contributed by atoms with van der Waals surface area (Å²) in [6.45, 7) is 1.67. The van der Waals surface area contributed by atoms with Crippen LogP contribution in [-0.2, 0) is 0 Å². The van der Waals surface area contributed by atoms with Crippen LogP contribution in [0.3, 0.4) is 0 Å². The first-order chi connectivity index (χ1) is 6.85. The highest BCUT2D eigenvalue weighted by molar-refractivity contribution is 5.21. The molecule has 0 unspecified atom stereocenters. The molecule has 0 atom stereocenters. The first-order valence-electron chi connectivity index (χ1n) is 4.39. The summed E-state index contributed by atoms with van der Waals surface area (Å²) in [6.07, 6.45) is 3.52. The molecule has 0 radical (unpaired) electrons. The maximum absolute atomic E-state index is 7.62. The SMILES string of the molecule is C/C=C/Oc1ccccc1.OCCO. The third kappa shape index (κ3) is 7.34. The van der Waals surface area contributed by atoms with E-state index in [1.807, 2.05) is 43.3 Å². The van der Waals surface area contributed by atoms with Crippen molar-refractivity contribution < 1.29 is 14.9 Å². The number of allylic oxidation sites excluding steroid dienone is 1. The zero-order valence-corrected chi connectivity index (χ0v) is 8.26. The minimum absolute atomic E-state index is 0.125. The molecular formula is C11H16O3. The Morgan fingerprint density at radius 3 is 2.14 bits per heavy atom. The summed E-state index contributed by atoms with van der Waals surface area (Å²) in [5.74, 6) is 0.876. The van der Waals surface area contributed by atoms with E-state index in [0.29, 0.717) is 0 Å². The Morgan fingerprint density at radius 1 is 1.14 bits per heavy atom. The number of aliphatic hydroxyl groups excluding tert-OH is 2. The van der Waals surface area contributed by atoms with E-state index in [2.05, 4.69) is 0 Å². The van der Waals surface area contributed by atoms with E-state index >= 15 is 0 Å². The summed E-state index contributed by atoms with van der Waals surface area (Å²) in [7, 11) is 0. The zero-order valence-electron chi connectivity index (χ0n) is 8.26. The van der Waals surface area contributed by atoms with E-state index in [-0.39, 0.29) is 13.2 Å². The molecule has 0 bridgehead atoms. The number of ether oxygens (including phenoxy) is 1. The van der Waals surface area contributed by atoms with E-state index in [1.165, 1.54) is 0 Å². The monoisotopic (exact) mass is 196 g/mol. The average molecular weight is 196 g/mol. The van der Waals surface area contributed by atoms with Gasteiger partial charge in [-0.2, -0.15) is 0 Å². The summed E-state index contributed by atoms with van der Waals surface area (Å²) >= 11 is 0. The molecule has 0 heterocycles. The number of aliphatic hydroxyl groups is 2. The van der Waals surface area contributed by atoms with Crippen LogP contribution >= 0.6 is 0 Å². The van der Waals surface area contributed by atoms with Crippen LogP contribution in [0.4, 0.5) is 0 Å². The Kier molecular flexibility index (Phi) is 8.84. The molecule has 0 fully saturated rings. The molecule has 0 aliphatic heterocycles. The van der Waals surface area contributed by atoms with Crippen molar-refractivity contribution in [2.45, 2.75) is 6.92 Å². The van der Waals surface area contributed by atoms with E-state index in [9.17, 15) is 0 Å². The lowest BCUT2D eigenvalue weighted by molar-refractivity contribution is 0.186. The van der Waals surface area contributed by atoms with Gasteiger partial charge in [0.05, 0.1) is 19.5 Å². The van der Waals surface area contributed by atoms with E-state index in [4.69, 9.17) is 14.9 Å². The summed E-state index contributed by atoms with van der Waals surface area (Å²) in [6, 6.07) is 9.68. The lowest BCUT2D eigenvalue weighted by Crippen LogP contribution is -1.85. The molecule has 1 aromatic carbocycles. The van der Waals surface area contributed by atoms with Crippen molar-refractivity contribution in [1.29, 1.82) is 0 Å². The number of hydrogen-bond donors (Lipinski definition) is 2. The van der Waals surface area contributed by atoms with E-state index in [1.54, 1.807) is 6.26 Å². The number of rotatable bonds is 3. The van der Waals surface area contributed by atoms with Crippen molar-refractivity contribution in [3.8, 4) is 5.75 Å². The van der Waals surface area contributed by atoms with Gasteiger partial charge in [0.25, 0.3) is 0 Å². The van der Waals surface area contributed by atoms with Crippen LogP contribution in [0.25, 0.3) is 0 Å². The number of para-hydroxylation sites is 1. The second kappa shape index (κ2) is 9.77. The maximum Gasteiger partial charge on any atom is 0.126 e. The van der Waals surface area contributed by atoms with Gasteiger partial charge in [0.1, 0.15) is 5.75 Å². The predicted octanol–water partition coefficient (Wildman–Crippen LogP) is 1.57.